The number of aromatic nitrogens is 1. The van der Waals surface area contributed by atoms with Crippen LogP contribution in [0.1, 0.15) is 37.8 Å². The van der Waals surface area contributed by atoms with Crippen LogP contribution in [0.4, 0.5) is 5.13 Å². The van der Waals surface area contributed by atoms with Crippen LogP contribution in [0.5, 0.6) is 0 Å². The summed E-state index contributed by atoms with van der Waals surface area (Å²) in [7, 11) is 4.09. The molecule has 1 aromatic heterocycles. The zero-order valence-electron chi connectivity index (χ0n) is 12.5. The lowest BCUT2D eigenvalue weighted by Gasteiger charge is -2.39. The molecule has 3 rings (SSSR count). The molecule has 112 valence electrons. The molecule has 1 saturated heterocycles. The van der Waals surface area contributed by atoms with Crippen molar-refractivity contribution >= 4 is 16.5 Å². The quantitative estimate of drug-likeness (QED) is 0.926. The Bertz CT molecular complexity index is 440. The van der Waals surface area contributed by atoms with Crippen LogP contribution in [0.15, 0.2) is 5.38 Å². The van der Waals surface area contributed by atoms with E-state index in [0.29, 0.717) is 11.5 Å². The first-order valence-corrected chi connectivity index (χ1v) is 8.50. The van der Waals surface area contributed by atoms with Crippen LogP contribution in [-0.2, 0) is 11.3 Å². The van der Waals surface area contributed by atoms with Crippen LogP contribution in [0, 0.1) is 5.41 Å². The van der Waals surface area contributed by atoms with E-state index < -0.39 is 0 Å². The average molecular weight is 295 g/mol. The first-order chi connectivity index (χ1) is 9.70. The number of hydrogen-bond donors (Lipinski definition) is 1. The van der Waals surface area contributed by atoms with Gasteiger partial charge < -0.3 is 15.0 Å². The Morgan fingerprint density at radius 2 is 2.20 bits per heavy atom. The number of rotatable bonds is 4. The molecule has 0 bridgehead atoms. The molecule has 0 radical (unpaired) electrons. The average Bonchev–Trinajstić information content (AvgIpc) is 3.05. The molecule has 4 nitrogen and oxygen atoms in total. The lowest BCUT2D eigenvalue weighted by atomic mass is 9.75. The Kier molecular flexibility index (Phi) is 4.29. The second kappa shape index (κ2) is 6.00. The second-order valence-electron chi connectivity index (χ2n) is 6.32. The molecule has 2 aliphatic rings. The fourth-order valence-electron chi connectivity index (χ4n) is 3.64. The first-order valence-electron chi connectivity index (χ1n) is 7.62. The van der Waals surface area contributed by atoms with Gasteiger partial charge in [0.05, 0.1) is 5.69 Å². The SMILES string of the molecule is CN(C)c1nc(CNC2CCCC23CCOCC3)cs1. The van der Waals surface area contributed by atoms with Crippen molar-refractivity contribution in [2.75, 3.05) is 32.2 Å². The van der Waals surface area contributed by atoms with E-state index in [1.807, 2.05) is 14.1 Å². The number of hydrogen-bond acceptors (Lipinski definition) is 5. The summed E-state index contributed by atoms with van der Waals surface area (Å²) >= 11 is 1.72. The van der Waals surface area contributed by atoms with Gasteiger partial charge in [0, 0.05) is 45.3 Å². The van der Waals surface area contributed by atoms with Crippen molar-refractivity contribution in [2.24, 2.45) is 5.41 Å². The Morgan fingerprint density at radius 1 is 1.40 bits per heavy atom. The molecule has 1 atom stereocenters. The number of ether oxygens (including phenoxy) is 1. The van der Waals surface area contributed by atoms with E-state index in [1.54, 1.807) is 11.3 Å². The van der Waals surface area contributed by atoms with Crippen LogP contribution in [0.3, 0.4) is 0 Å². The molecule has 1 spiro atoms. The third-order valence-electron chi connectivity index (χ3n) is 4.85. The minimum atomic E-state index is 0.499. The molecule has 1 aliphatic heterocycles. The van der Waals surface area contributed by atoms with Crippen LogP contribution in [-0.4, -0.2) is 38.3 Å². The predicted molar refractivity (Wildman–Crippen MR) is 83.4 cm³/mol. The van der Waals surface area contributed by atoms with Crippen molar-refractivity contribution in [3.05, 3.63) is 11.1 Å². The molecular formula is C15H25N3OS. The molecule has 20 heavy (non-hydrogen) atoms. The van der Waals surface area contributed by atoms with E-state index in [2.05, 4.69) is 20.6 Å². The highest BCUT2D eigenvalue weighted by atomic mass is 32.1. The van der Waals surface area contributed by atoms with Gasteiger partial charge in [-0.25, -0.2) is 4.98 Å². The summed E-state index contributed by atoms with van der Waals surface area (Å²) in [5.74, 6) is 0. The zero-order chi connectivity index (χ0) is 14.0. The summed E-state index contributed by atoms with van der Waals surface area (Å²) < 4.78 is 5.55. The number of thiazole rings is 1. The fourth-order valence-corrected chi connectivity index (χ4v) is 4.40. The van der Waals surface area contributed by atoms with Gasteiger partial charge in [-0.15, -0.1) is 11.3 Å². The smallest absolute Gasteiger partial charge is 0.185 e. The Hall–Kier alpha value is -0.650. The maximum atomic E-state index is 5.55. The molecule has 2 fully saturated rings. The van der Waals surface area contributed by atoms with Crippen LogP contribution < -0.4 is 10.2 Å². The van der Waals surface area contributed by atoms with Gasteiger partial charge in [-0.05, 0) is 31.1 Å². The maximum absolute atomic E-state index is 5.55. The van der Waals surface area contributed by atoms with Crippen LogP contribution in [0.25, 0.3) is 0 Å². The summed E-state index contributed by atoms with van der Waals surface area (Å²) in [6.45, 7) is 2.79. The van der Waals surface area contributed by atoms with Gasteiger partial charge in [-0.3, -0.25) is 0 Å². The number of nitrogens with zero attached hydrogens (tertiary/aromatic N) is 2. The van der Waals surface area contributed by atoms with Gasteiger partial charge in [-0.2, -0.15) is 0 Å². The van der Waals surface area contributed by atoms with Crippen molar-refractivity contribution in [1.29, 1.82) is 0 Å². The normalized spacial score (nSPS) is 25.2. The zero-order valence-corrected chi connectivity index (χ0v) is 13.3. The Morgan fingerprint density at radius 3 is 2.90 bits per heavy atom. The molecular weight excluding hydrogens is 270 g/mol. The third-order valence-corrected chi connectivity index (χ3v) is 5.90. The minimum Gasteiger partial charge on any atom is -0.381 e. The Balaban J connectivity index is 1.59. The van der Waals surface area contributed by atoms with Gasteiger partial charge in [-0.1, -0.05) is 6.42 Å². The lowest BCUT2D eigenvalue weighted by Crippen LogP contribution is -2.44. The van der Waals surface area contributed by atoms with E-state index in [0.717, 1.165) is 24.9 Å². The largest absolute Gasteiger partial charge is 0.381 e. The molecule has 1 unspecified atom stereocenters. The summed E-state index contributed by atoms with van der Waals surface area (Å²) in [6.07, 6.45) is 6.49. The molecule has 1 aromatic rings. The first kappa shape index (κ1) is 14.3. The van der Waals surface area contributed by atoms with Gasteiger partial charge >= 0.3 is 0 Å². The maximum Gasteiger partial charge on any atom is 0.185 e. The van der Waals surface area contributed by atoms with Crippen LogP contribution in [0.2, 0.25) is 0 Å². The predicted octanol–water partition coefficient (Wildman–Crippen LogP) is 2.65. The highest BCUT2D eigenvalue weighted by molar-refractivity contribution is 7.13. The van der Waals surface area contributed by atoms with E-state index in [9.17, 15) is 0 Å². The van der Waals surface area contributed by atoms with Gasteiger partial charge in [0.2, 0.25) is 0 Å². The van der Waals surface area contributed by atoms with Crippen molar-refractivity contribution in [3.8, 4) is 0 Å². The molecule has 0 amide bonds. The number of nitrogens with one attached hydrogen (secondary N) is 1. The molecule has 1 aliphatic carbocycles. The van der Waals surface area contributed by atoms with Crippen molar-refractivity contribution < 1.29 is 4.74 Å². The standard InChI is InChI=1S/C15H25N3OS/c1-18(2)14-17-12(11-20-14)10-16-13-4-3-5-15(13)6-8-19-9-7-15/h11,13,16H,3-10H2,1-2H3. The molecule has 5 heteroatoms. The third kappa shape index (κ3) is 2.85. The Labute approximate surface area is 125 Å². The van der Waals surface area contributed by atoms with Crippen LogP contribution >= 0.6 is 11.3 Å². The number of anilines is 1. The molecule has 1 saturated carbocycles. The van der Waals surface area contributed by atoms with Crippen molar-refractivity contribution in [1.82, 2.24) is 10.3 Å². The fraction of sp³-hybridized carbons (Fsp3) is 0.800. The lowest BCUT2D eigenvalue weighted by molar-refractivity contribution is 0.00411. The summed E-state index contributed by atoms with van der Waals surface area (Å²) in [5.41, 5.74) is 1.67. The van der Waals surface area contributed by atoms with Crippen molar-refractivity contribution in [2.45, 2.75) is 44.7 Å². The van der Waals surface area contributed by atoms with E-state index in [4.69, 9.17) is 4.74 Å². The van der Waals surface area contributed by atoms with E-state index in [-0.39, 0.29) is 0 Å². The molecule has 2 heterocycles. The topological polar surface area (TPSA) is 37.4 Å². The van der Waals surface area contributed by atoms with E-state index >= 15 is 0 Å². The van der Waals surface area contributed by atoms with Gasteiger partial charge in [0.1, 0.15) is 0 Å². The monoisotopic (exact) mass is 295 g/mol. The van der Waals surface area contributed by atoms with E-state index in [1.165, 1.54) is 37.8 Å². The summed E-state index contributed by atoms with van der Waals surface area (Å²) in [5, 5.41) is 7.05. The summed E-state index contributed by atoms with van der Waals surface area (Å²) in [6, 6.07) is 0.649. The van der Waals surface area contributed by atoms with Gasteiger partial charge in [0.15, 0.2) is 5.13 Å². The van der Waals surface area contributed by atoms with Gasteiger partial charge in [0.25, 0.3) is 0 Å². The second-order valence-corrected chi connectivity index (χ2v) is 7.15. The minimum absolute atomic E-state index is 0.499. The molecule has 1 N–H and O–H groups in total. The highest BCUT2D eigenvalue weighted by Gasteiger charge is 2.43. The molecule has 0 aromatic carbocycles. The van der Waals surface area contributed by atoms with Crippen molar-refractivity contribution in [3.63, 3.8) is 0 Å². The highest BCUT2D eigenvalue weighted by Crippen LogP contribution is 2.46. The summed E-state index contributed by atoms with van der Waals surface area (Å²) in [4.78, 5) is 6.73.